The van der Waals surface area contributed by atoms with E-state index in [1.807, 2.05) is 0 Å². The molecule has 2 aliphatic carbocycles. The highest BCUT2D eigenvalue weighted by atomic mass is 15.0. The van der Waals surface area contributed by atoms with Gasteiger partial charge in [-0.05, 0) is 37.0 Å². The molecule has 1 nitrogen and oxygen atoms in total. The minimum absolute atomic E-state index is 0.820. The molecule has 2 rings (SSSR count). The quantitative estimate of drug-likeness (QED) is 0.729. The molecule has 0 aromatic carbocycles. The highest BCUT2D eigenvalue weighted by molar-refractivity contribution is 4.96. The van der Waals surface area contributed by atoms with Crippen molar-refractivity contribution in [2.75, 3.05) is 0 Å². The van der Waals surface area contributed by atoms with Gasteiger partial charge in [-0.15, -0.1) is 0 Å². The first-order valence-electron chi connectivity index (χ1n) is 6.46. The Labute approximate surface area is 88.7 Å². The molecule has 0 saturated heterocycles. The highest BCUT2D eigenvalue weighted by Crippen LogP contribution is 2.36. The van der Waals surface area contributed by atoms with Crippen molar-refractivity contribution in [3.8, 4) is 0 Å². The standard InChI is InChI=1S/C13H25N/c1-4-11-8-13(11)14-12-7-9(2)5-6-10(12)3/h9-14H,4-8H2,1-3H3. The second-order valence-corrected chi connectivity index (χ2v) is 5.68. The molecule has 0 spiro atoms. The molecule has 2 saturated carbocycles. The van der Waals surface area contributed by atoms with Crippen LogP contribution in [-0.4, -0.2) is 12.1 Å². The lowest BCUT2D eigenvalue weighted by molar-refractivity contribution is 0.225. The van der Waals surface area contributed by atoms with Crippen molar-refractivity contribution in [3.05, 3.63) is 0 Å². The maximum Gasteiger partial charge on any atom is 0.0102 e. The molecule has 0 aliphatic heterocycles. The lowest BCUT2D eigenvalue weighted by atomic mass is 9.80. The van der Waals surface area contributed by atoms with E-state index in [-0.39, 0.29) is 0 Å². The predicted molar refractivity (Wildman–Crippen MR) is 61.3 cm³/mol. The summed E-state index contributed by atoms with van der Waals surface area (Å²) >= 11 is 0. The van der Waals surface area contributed by atoms with E-state index in [0.717, 1.165) is 29.8 Å². The molecule has 0 heterocycles. The summed E-state index contributed by atoms with van der Waals surface area (Å²) in [5.41, 5.74) is 0. The molecule has 5 atom stereocenters. The summed E-state index contributed by atoms with van der Waals surface area (Å²) in [6.07, 6.45) is 7.10. The molecule has 0 amide bonds. The third-order valence-electron chi connectivity index (χ3n) is 4.33. The van der Waals surface area contributed by atoms with E-state index in [4.69, 9.17) is 0 Å². The zero-order valence-electron chi connectivity index (χ0n) is 9.92. The molecule has 14 heavy (non-hydrogen) atoms. The number of nitrogens with one attached hydrogen (secondary N) is 1. The first kappa shape index (κ1) is 10.5. The van der Waals surface area contributed by atoms with Crippen LogP contribution < -0.4 is 5.32 Å². The van der Waals surface area contributed by atoms with Gasteiger partial charge in [-0.3, -0.25) is 0 Å². The maximum atomic E-state index is 3.87. The molecule has 5 unspecified atom stereocenters. The van der Waals surface area contributed by atoms with Crippen LogP contribution in [0.25, 0.3) is 0 Å². The first-order chi connectivity index (χ1) is 6.70. The zero-order valence-corrected chi connectivity index (χ0v) is 9.92. The van der Waals surface area contributed by atoms with Crippen LogP contribution in [0.15, 0.2) is 0 Å². The number of hydrogen-bond donors (Lipinski definition) is 1. The third kappa shape index (κ3) is 2.31. The maximum absolute atomic E-state index is 3.87. The minimum Gasteiger partial charge on any atom is -0.311 e. The van der Waals surface area contributed by atoms with Gasteiger partial charge >= 0.3 is 0 Å². The molecule has 82 valence electrons. The van der Waals surface area contributed by atoms with Gasteiger partial charge < -0.3 is 5.32 Å². The van der Waals surface area contributed by atoms with Gasteiger partial charge in [0, 0.05) is 12.1 Å². The van der Waals surface area contributed by atoms with Gasteiger partial charge in [0.15, 0.2) is 0 Å². The normalized spacial score (nSPS) is 47.8. The SMILES string of the molecule is CCC1CC1NC1CC(C)CCC1C. The van der Waals surface area contributed by atoms with E-state index in [1.54, 1.807) is 0 Å². The van der Waals surface area contributed by atoms with Gasteiger partial charge in [-0.25, -0.2) is 0 Å². The van der Waals surface area contributed by atoms with Crippen molar-refractivity contribution in [1.82, 2.24) is 5.32 Å². The molecule has 0 bridgehead atoms. The summed E-state index contributed by atoms with van der Waals surface area (Å²) in [5.74, 6) is 2.85. The van der Waals surface area contributed by atoms with E-state index in [1.165, 1.54) is 32.1 Å². The Balaban J connectivity index is 1.78. The fraction of sp³-hybridized carbons (Fsp3) is 1.00. The number of hydrogen-bond acceptors (Lipinski definition) is 1. The van der Waals surface area contributed by atoms with Gasteiger partial charge in [0.2, 0.25) is 0 Å². The molecule has 2 aliphatic rings. The van der Waals surface area contributed by atoms with Gasteiger partial charge in [-0.2, -0.15) is 0 Å². The van der Waals surface area contributed by atoms with E-state index in [9.17, 15) is 0 Å². The highest BCUT2D eigenvalue weighted by Gasteiger charge is 2.38. The average molecular weight is 195 g/mol. The van der Waals surface area contributed by atoms with Crippen LogP contribution in [0.2, 0.25) is 0 Å². The van der Waals surface area contributed by atoms with Gasteiger partial charge in [0.05, 0.1) is 0 Å². The summed E-state index contributed by atoms with van der Waals surface area (Å²) in [4.78, 5) is 0. The van der Waals surface area contributed by atoms with Crippen LogP contribution in [0.5, 0.6) is 0 Å². The Bertz CT molecular complexity index is 190. The summed E-state index contributed by atoms with van der Waals surface area (Å²) < 4.78 is 0. The molecule has 0 aromatic rings. The van der Waals surface area contributed by atoms with Crippen LogP contribution >= 0.6 is 0 Å². The van der Waals surface area contributed by atoms with Crippen LogP contribution in [0.4, 0.5) is 0 Å². The van der Waals surface area contributed by atoms with Crippen LogP contribution in [0.3, 0.4) is 0 Å². The van der Waals surface area contributed by atoms with Crippen molar-refractivity contribution in [2.45, 2.75) is 65.0 Å². The topological polar surface area (TPSA) is 12.0 Å². The molecular formula is C13H25N. The van der Waals surface area contributed by atoms with Gasteiger partial charge in [0.25, 0.3) is 0 Å². The lowest BCUT2D eigenvalue weighted by Crippen LogP contribution is -2.41. The molecule has 0 radical (unpaired) electrons. The fourth-order valence-electron chi connectivity index (χ4n) is 2.94. The predicted octanol–water partition coefficient (Wildman–Crippen LogP) is 3.20. The van der Waals surface area contributed by atoms with E-state index >= 15 is 0 Å². The third-order valence-corrected chi connectivity index (χ3v) is 4.33. The fourth-order valence-corrected chi connectivity index (χ4v) is 2.94. The molecule has 2 fully saturated rings. The first-order valence-corrected chi connectivity index (χ1v) is 6.46. The van der Waals surface area contributed by atoms with Crippen LogP contribution in [-0.2, 0) is 0 Å². The Morgan fingerprint density at radius 1 is 1.07 bits per heavy atom. The molecule has 1 heteroatoms. The Kier molecular flexibility index (Phi) is 3.16. The smallest absolute Gasteiger partial charge is 0.0102 e. The minimum atomic E-state index is 0.820. The lowest BCUT2D eigenvalue weighted by Gasteiger charge is -2.33. The molecule has 0 aromatic heterocycles. The molecule has 1 N–H and O–H groups in total. The Morgan fingerprint density at radius 2 is 1.86 bits per heavy atom. The largest absolute Gasteiger partial charge is 0.311 e. The number of rotatable bonds is 3. The van der Waals surface area contributed by atoms with Gasteiger partial charge in [0.1, 0.15) is 0 Å². The monoisotopic (exact) mass is 195 g/mol. The summed E-state index contributed by atoms with van der Waals surface area (Å²) in [6.45, 7) is 7.15. The van der Waals surface area contributed by atoms with E-state index in [0.29, 0.717) is 0 Å². The average Bonchev–Trinajstić information content (AvgIpc) is 2.90. The van der Waals surface area contributed by atoms with Crippen LogP contribution in [0, 0.1) is 17.8 Å². The van der Waals surface area contributed by atoms with Crippen LogP contribution in [0.1, 0.15) is 52.9 Å². The summed E-state index contributed by atoms with van der Waals surface area (Å²) in [5, 5.41) is 3.87. The van der Waals surface area contributed by atoms with Crippen molar-refractivity contribution >= 4 is 0 Å². The molecular weight excluding hydrogens is 170 g/mol. The van der Waals surface area contributed by atoms with Crippen molar-refractivity contribution in [2.24, 2.45) is 17.8 Å². The van der Waals surface area contributed by atoms with Crippen molar-refractivity contribution in [1.29, 1.82) is 0 Å². The summed E-state index contributed by atoms with van der Waals surface area (Å²) in [7, 11) is 0. The van der Waals surface area contributed by atoms with E-state index < -0.39 is 0 Å². The summed E-state index contributed by atoms with van der Waals surface area (Å²) in [6, 6.07) is 1.69. The van der Waals surface area contributed by atoms with Crippen molar-refractivity contribution in [3.63, 3.8) is 0 Å². The second-order valence-electron chi connectivity index (χ2n) is 5.68. The Morgan fingerprint density at radius 3 is 2.50 bits per heavy atom. The second kappa shape index (κ2) is 4.22. The van der Waals surface area contributed by atoms with Gasteiger partial charge in [-0.1, -0.05) is 33.6 Å². The van der Waals surface area contributed by atoms with Crippen molar-refractivity contribution < 1.29 is 0 Å². The zero-order chi connectivity index (χ0) is 10.1. The van der Waals surface area contributed by atoms with E-state index in [2.05, 4.69) is 26.1 Å². The Hall–Kier alpha value is -0.0400.